The van der Waals surface area contributed by atoms with Gasteiger partial charge in [0.25, 0.3) is 5.91 Å². The lowest BCUT2D eigenvalue weighted by atomic mass is 10.2. The maximum Gasteiger partial charge on any atom is 0.350 e. The summed E-state index contributed by atoms with van der Waals surface area (Å²) in [6, 6.07) is 6.45. The number of amides is 2. The molecule has 0 atom stereocenters. The highest BCUT2D eigenvalue weighted by Gasteiger charge is 2.19. The van der Waals surface area contributed by atoms with Gasteiger partial charge in [0.15, 0.2) is 5.13 Å². The summed E-state index contributed by atoms with van der Waals surface area (Å²) in [4.78, 5) is 39.8. The molecule has 8 heteroatoms. The highest BCUT2D eigenvalue weighted by Crippen LogP contribution is 2.24. The quantitative estimate of drug-likeness (QED) is 0.797. The van der Waals surface area contributed by atoms with Crippen molar-refractivity contribution in [1.82, 2.24) is 4.98 Å². The summed E-state index contributed by atoms with van der Waals surface area (Å²) in [7, 11) is 0. The van der Waals surface area contributed by atoms with Gasteiger partial charge in [-0.2, -0.15) is 0 Å². The molecule has 0 saturated carbocycles. The van der Waals surface area contributed by atoms with Crippen LogP contribution in [0.25, 0.3) is 0 Å². The zero-order chi connectivity index (χ0) is 18.6. The molecule has 0 aliphatic heterocycles. The summed E-state index contributed by atoms with van der Waals surface area (Å²) in [6.45, 7) is 6.63. The first kappa shape index (κ1) is 18.6. The van der Waals surface area contributed by atoms with Gasteiger partial charge in [-0.05, 0) is 45.0 Å². The van der Waals surface area contributed by atoms with Gasteiger partial charge in [-0.1, -0.05) is 11.3 Å². The zero-order valence-electron chi connectivity index (χ0n) is 14.4. The summed E-state index contributed by atoms with van der Waals surface area (Å²) >= 11 is 1.07. The molecule has 0 radical (unpaired) electrons. The molecule has 0 unspecified atom stereocenters. The number of nitrogens with one attached hydrogen (secondary N) is 2. The molecule has 25 heavy (non-hydrogen) atoms. The molecule has 1 aromatic heterocycles. The monoisotopic (exact) mass is 361 g/mol. The maximum absolute atomic E-state index is 12.3. The third kappa shape index (κ3) is 5.12. The number of esters is 1. The second-order valence-corrected chi connectivity index (χ2v) is 6.60. The van der Waals surface area contributed by atoms with Crippen LogP contribution in [0, 0.1) is 6.92 Å². The lowest BCUT2D eigenvalue weighted by Gasteiger charge is -2.06. The van der Waals surface area contributed by atoms with E-state index in [0.29, 0.717) is 27.0 Å². The van der Waals surface area contributed by atoms with E-state index in [1.165, 1.54) is 6.92 Å². The first-order valence-corrected chi connectivity index (χ1v) is 8.45. The number of rotatable bonds is 5. The van der Waals surface area contributed by atoms with Crippen LogP contribution in [0.2, 0.25) is 0 Å². The Bertz CT molecular complexity index is 797. The smallest absolute Gasteiger partial charge is 0.350 e. The third-order valence-corrected chi connectivity index (χ3v) is 4.07. The van der Waals surface area contributed by atoms with E-state index in [2.05, 4.69) is 15.6 Å². The molecule has 132 valence electrons. The van der Waals surface area contributed by atoms with Crippen molar-refractivity contribution in [3.8, 4) is 0 Å². The fourth-order valence-corrected chi connectivity index (χ4v) is 2.83. The fourth-order valence-electron chi connectivity index (χ4n) is 1.98. The van der Waals surface area contributed by atoms with Gasteiger partial charge in [0.05, 0.1) is 11.8 Å². The predicted octanol–water partition coefficient (Wildman–Crippen LogP) is 3.23. The minimum Gasteiger partial charge on any atom is -0.459 e. The number of hydrogen-bond acceptors (Lipinski definition) is 6. The van der Waals surface area contributed by atoms with Crippen LogP contribution in [0.4, 0.5) is 10.8 Å². The Balaban J connectivity index is 2.08. The van der Waals surface area contributed by atoms with E-state index in [4.69, 9.17) is 4.74 Å². The molecule has 0 spiro atoms. The largest absolute Gasteiger partial charge is 0.459 e. The average Bonchev–Trinajstić information content (AvgIpc) is 2.87. The number of carbonyl (C=O) groups is 3. The molecular weight excluding hydrogens is 342 g/mol. The van der Waals surface area contributed by atoms with Crippen molar-refractivity contribution in [1.29, 1.82) is 0 Å². The molecule has 0 aliphatic rings. The van der Waals surface area contributed by atoms with Crippen molar-refractivity contribution in [3.05, 3.63) is 40.4 Å². The molecule has 2 N–H and O–H groups in total. The third-order valence-electron chi connectivity index (χ3n) is 3.01. The summed E-state index contributed by atoms with van der Waals surface area (Å²) in [5.74, 6) is -0.992. The van der Waals surface area contributed by atoms with Crippen molar-refractivity contribution >= 4 is 39.9 Å². The lowest BCUT2D eigenvalue weighted by molar-refractivity contribution is -0.114. The Kier molecular flexibility index (Phi) is 5.87. The van der Waals surface area contributed by atoms with Gasteiger partial charge in [0.1, 0.15) is 4.88 Å². The van der Waals surface area contributed by atoms with Crippen LogP contribution in [-0.2, 0) is 9.53 Å². The molecule has 1 heterocycles. The molecule has 2 amide bonds. The number of anilines is 2. The molecule has 2 aromatic rings. The Morgan fingerprint density at radius 3 is 2.32 bits per heavy atom. The van der Waals surface area contributed by atoms with Crippen molar-refractivity contribution < 1.29 is 19.1 Å². The number of carbonyl (C=O) groups excluding carboxylic acids is 3. The van der Waals surface area contributed by atoms with Crippen molar-refractivity contribution in [2.45, 2.75) is 33.8 Å². The summed E-state index contributed by atoms with van der Waals surface area (Å²) < 4.78 is 5.15. The summed E-state index contributed by atoms with van der Waals surface area (Å²) in [5.41, 5.74) is 1.52. The summed E-state index contributed by atoms with van der Waals surface area (Å²) in [6.07, 6.45) is -0.228. The van der Waals surface area contributed by atoms with Crippen LogP contribution in [0.1, 0.15) is 46.5 Å². The zero-order valence-corrected chi connectivity index (χ0v) is 15.2. The highest BCUT2D eigenvalue weighted by molar-refractivity contribution is 7.17. The fraction of sp³-hybridized carbons (Fsp3) is 0.294. The molecule has 2 rings (SSSR count). The van der Waals surface area contributed by atoms with E-state index in [-0.39, 0.29) is 17.9 Å². The second kappa shape index (κ2) is 7.89. The predicted molar refractivity (Wildman–Crippen MR) is 96.1 cm³/mol. The molecule has 0 bridgehead atoms. The topological polar surface area (TPSA) is 97.4 Å². The van der Waals surface area contributed by atoms with Gasteiger partial charge in [-0.3, -0.25) is 14.9 Å². The molecule has 1 aromatic carbocycles. The highest BCUT2D eigenvalue weighted by atomic mass is 32.1. The van der Waals surface area contributed by atoms with Gasteiger partial charge in [0, 0.05) is 18.2 Å². The van der Waals surface area contributed by atoms with Crippen LogP contribution in [0.15, 0.2) is 24.3 Å². The van der Waals surface area contributed by atoms with E-state index in [0.717, 1.165) is 11.3 Å². The number of aryl methyl sites for hydroxylation is 1. The van der Waals surface area contributed by atoms with E-state index in [1.54, 1.807) is 45.0 Å². The minimum absolute atomic E-state index is 0.184. The Morgan fingerprint density at radius 2 is 1.76 bits per heavy atom. The standard InChI is InChI=1S/C17H19N3O4S/c1-9(2)24-16(23)14-10(3)18-17(25-14)20-15(22)12-5-7-13(8-6-12)19-11(4)21/h5-9H,1-4H3,(H,19,21)(H,18,20,22). The van der Waals surface area contributed by atoms with Crippen LogP contribution in [0.5, 0.6) is 0 Å². The van der Waals surface area contributed by atoms with Crippen LogP contribution in [-0.4, -0.2) is 28.9 Å². The van der Waals surface area contributed by atoms with E-state index >= 15 is 0 Å². The molecule has 0 saturated heterocycles. The van der Waals surface area contributed by atoms with E-state index < -0.39 is 5.97 Å². The number of ether oxygens (including phenoxy) is 1. The SMILES string of the molecule is CC(=O)Nc1ccc(C(=O)Nc2nc(C)c(C(=O)OC(C)C)s2)cc1. The molecule has 0 fully saturated rings. The van der Waals surface area contributed by atoms with Gasteiger partial charge in [0.2, 0.25) is 5.91 Å². The Labute approximate surface area is 149 Å². The lowest BCUT2D eigenvalue weighted by Crippen LogP contribution is -2.12. The summed E-state index contributed by atoms with van der Waals surface area (Å²) in [5, 5.41) is 5.61. The van der Waals surface area contributed by atoms with Gasteiger partial charge < -0.3 is 10.1 Å². The van der Waals surface area contributed by atoms with Crippen LogP contribution < -0.4 is 10.6 Å². The van der Waals surface area contributed by atoms with Crippen LogP contribution >= 0.6 is 11.3 Å². The van der Waals surface area contributed by atoms with Crippen molar-refractivity contribution in [2.24, 2.45) is 0 Å². The van der Waals surface area contributed by atoms with E-state index in [1.807, 2.05) is 0 Å². The number of nitrogens with zero attached hydrogens (tertiary/aromatic N) is 1. The number of aromatic nitrogens is 1. The Morgan fingerprint density at radius 1 is 1.12 bits per heavy atom. The van der Waals surface area contributed by atoms with Crippen molar-refractivity contribution in [3.63, 3.8) is 0 Å². The average molecular weight is 361 g/mol. The van der Waals surface area contributed by atoms with E-state index in [9.17, 15) is 14.4 Å². The molecule has 7 nitrogen and oxygen atoms in total. The number of benzene rings is 1. The Hall–Kier alpha value is -2.74. The minimum atomic E-state index is -0.454. The first-order chi connectivity index (χ1) is 11.8. The molecular formula is C17H19N3O4S. The van der Waals surface area contributed by atoms with Crippen molar-refractivity contribution in [2.75, 3.05) is 10.6 Å². The second-order valence-electron chi connectivity index (χ2n) is 5.60. The van der Waals surface area contributed by atoms with Gasteiger partial charge in [-0.25, -0.2) is 9.78 Å². The number of hydrogen-bond donors (Lipinski definition) is 2. The first-order valence-electron chi connectivity index (χ1n) is 7.63. The number of thiazole rings is 1. The maximum atomic E-state index is 12.3. The van der Waals surface area contributed by atoms with Crippen LogP contribution in [0.3, 0.4) is 0 Å². The molecule has 0 aliphatic carbocycles. The van der Waals surface area contributed by atoms with Gasteiger partial charge in [-0.15, -0.1) is 0 Å². The normalized spacial score (nSPS) is 10.4. The van der Waals surface area contributed by atoms with Gasteiger partial charge >= 0.3 is 5.97 Å².